The van der Waals surface area contributed by atoms with Gasteiger partial charge in [0.1, 0.15) is 5.75 Å². The Morgan fingerprint density at radius 2 is 2.00 bits per heavy atom. The Morgan fingerprint density at radius 3 is 2.67 bits per heavy atom. The Labute approximate surface area is 123 Å². The number of hydrogen-bond acceptors (Lipinski definition) is 4. The van der Waals surface area contributed by atoms with E-state index in [-0.39, 0.29) is 16.8 Å². The van der Waals surface area contributed by atoms with Gasteiger partial charge in [0.05, 0.1) is 11.6 Å². The molecule has 1 atom stereocenters. The summed E-state index contributed by atoms with van der Waals surface area (Å²) in [7, 11) is 0. The molecule has 4 N–H and O–H groups in total. The van der Waals surface area contributed by atoms with Gasteiger partial charge in [-0.3, -0.25) is 4.79 Å². The maximum Gasteiger partial charge on any atom is 0.248 e. The molecule has 0 fully saturated rings. The summed E-state index contributed by atoms with van der Waals surface area (Å²) < 4.78 is 0. The molecule has 0 saturated heterocycles. The normalized spacial score (nSPS) is 13.5. The maximum atomic E-state index is 11.4. The predicted octanol–water partition coefficient (Wildman–Crippen LogP) is 2.05. The van der Waals surface area contributed by atoms with Gasteiger partial charge >= 0.3 is 0 Å². The fraction of sp³-hybridized carbons (Fsp3) is 0.438. The summed E-state index contributed by atoms with van der Waals surface area (Å²) in [6.45, 7) is 6.64. The summed E-state index contributed by atoms with van der Waals surface area (Å²) in [5.74, 6) is 0.000460. The molecule has 0 bridgehead atoms. The third-order valence-electron chi connectivity index (χ3n) is 3.92. The molecule has 5 nitrogen and oxygen atoms in total. The lowest BCUT2D eigenvalue weighted by molar-refractivity contribution is 0.161. The van der Waals surface area contributed by atoms with Crippen molar-refractivity contribution >= 4 is 10.9 Å². The summed E-state index contributed by atoms with van der Waals surface area (Å²) >= 11 is 0. The van der Waals surface area contributed by atoms with Crippen molar-refractivity contribution in [2.24, 2.45) is 0 Å². The molecule has 114 valence electrons. The van der Waals surface area contributed by atoms with Gasteiger partial charge < -0.3 is 20.5 Å². The van der Waals surface area contributed by atoms with E-state index in [1.807, 2.05) is 0 Å². The molecule has 0 radical (unpaired) electrons. The number of aromatic nitrogens is 1. The number of rotatable bonds is 5. The zero-order chi connectivity index (χ0) is 15.6. The number of phenolic OH excluding ortho intramolecular Hbond substituents is 1. The van der Waals surface area contributed by atoms with Crippen LogP contribution in [0.3, 0.4) is 0 Å². The van der Waals surface area contributed by atoms with Crippen LogP contribution in [-0.2, 0) is 0 Å². The Hall–Kier alpha value is -1.85. The monoisotopic (exact) mass is 290 g/mol. The van der Waals surface area contributed by atoms with E-state index in [0.717, 1.165) is 6.42 Å². The smallest absolute Gasteiger partial charge is 0.248 e. The number of β-amino-alcohol motifs (C(OH)–C–C–N with tert-alkyl or cyclic N) is 1. The van der Waals surface area contributed by atoms with Crippen molar-refractivity contribution in [2.75, 3.05) is 6.54 Å². The molecule has 1 heterocycles. The molecule has 21 heavy (non-hydrogen) atoms. The number of benzene rings is 1. The lowest BCUT2D eigenvalue weighted by Gasteiger charge is -2.26. The van der Waals surface area contributed by atoms with E-state index in [2.05, 4.69) is 31.1 Å². The highest BCUT2D eigenvalue weighted by molar-refractivity contribution is 5.87. The van der Waals surface area contributed by atoms with Crippen LogP contribution >= 0.6 is 0 Å². The van der Waals surface area contributed by atoms with Crippen LogP contribution in [0.2, 0.25) is 0 Å². The highest BCUT2D eigenvalue weighted by Gasteiger charge is 2.18. The molecule has 0 amide bonds. The van der Waals surface area contributed by atoms with Gasteiger partial charge in [-0.1, -0.05) is 13.0 Å². The van der Waals surface area contributed by atoms with Gasteiger partial charge in [0.25, 0.3) is 0 Å². The van der Waals surface area contributed by atoms with Gasteiger partial charge in [-0.15, -0.1) is 0 Å². The van der Waals surface area contributed by atoms with Crippen molar-refractivity contribution in [1.82, 2.24) is 10.3 Å². The molecule has 0 aliphatic carbocycles. The number of pyridine rings is 1. The first-order chi connectivity index (χ1) is 9.84. The standard InChI is InChI=1S/C16H22N2O3/c1-4-16(2,3)17-9-13(20)10-5-7-12(19)15-11(10)6-8-14(21)18-15/h5-8,13,17,19-20H,4,9H2,1-3H3,(H,18,21). The van der Waals surface area contributed by atoms with Gasteiger partial charge in [-0.25, -0.2) is 0 Å². The summed E-state index contributed by atoms with van der Waals surface area (Å²) in [6, 6.07) is 6.18. The number of aliphatic hydroxyl groups is 1. The molecule has 1 aromatic heterocycles. The zero-order valence-electron chi connectivity index (χ0n) is 12.6. The Kier molecular flexibility index (Phi) is 4.34. The van der Waals surface area contributed by atoms with Gasteiger partial charge in [-0.2, -0.15) is 0 Å². The first-order valence-corrected chi connectivity index (χ1v) is 7.12. The van der Waals surface area contributed by atoms with Crippen LogP contribution in [0.25, 0.3) is 10.9 Å². The molecule has 5 heteroatoms. The summed E-state index contributed by atoms with van der Waals surface area (Å²) in [5.41, 5.74) is 0.698. The minimum absolute atomic E-state index is 0.000460. The van der Waals surface area contributed by atoms with E-state index >= 15 is 0 Å². The van der Waals surface area contributed by atoms with Crippen molar-refractivity contribution in [1.29, 1.82) is 0 Å². The number of nitrogens with one attached hydrogen (secondary N) is 2. The van der Waals surface area contributed by atoms with Crippen molar-refractivity contribution in [3.8, 4) is 5.75 Å². The second-order valence-corrected chi connectivity index (χ2v) is 5.92. The highest BCUT2D eigenvalue weighted by Crippen LogP contribution is 2.28. The fourth-order valence-corrected chi connectivity index (χ4v) is 2.16. The van der Waals surface area contributed by atoms with Crippen LogP contribution in [0.5, 0.6) is 5.75 Å². The molecule has 1 unspecified atom stereocenters. The zero-order valence-corrected chi connectivity index (χ0v) is 12.6. The molecule has 1 aromatic carbocycles. The number of H-pyrrole nitrogens is 1. The molecule has 0 aliphatic heterocycles. The molecular weight excluding hydrogens is 268 g/mol. The van der Waals surface area contributed by atoms with Crippen LogP contribution in [0.4, 0.5) is 0 Å². The van der Waals surface area contributed by atoms with E-state index < -0.39 is 6.10 Å². The fourth-order valence-electron chi connectivity index (χ4n) is 2.16. The minimum atomic E-state index is -0.718. The first kappa shape index (κ1) is 15.5. The van der Waals surface area contributed by atoms with Gasteiger partial charge in [0, 0.05) is 23.5 Å². The summed E-state index contributed by atoms with van der Waals surface area (Å²) in [6.07, 6.45) is 0.230. The lowest BCUT2D eigenvalue weighted by Crippen LogP contribution is -2.40. The van der Waals surface area contributed by atoms with Gasteiger partial charge in [-0.05, 0) is 38.0 Å². The minimum Gasteiger partial charge on any atom is -0.506 e. The Morgan fingerprint density at radius 1 is 1.29 bits per heavy atom. The van der Waals surface area contributed by atoms with E-state index in [9.17, 15) is 15.0 Å². The van der Waals surface area contributed by atoms with Crippen molar-refractivity contribution in [3.63, 3.8) is 0 Å². The van der Waals surface area contributed by atoms with Gasteiger partial charge in [0.2, 0.25) is 5.56 Å². The average Bonchev–Trinajstić information content (AvgIpc) is 2.46. The van der Waals surface area contributed by atoms with Crippen molar-refractivity contribution in [2.45, 2.75) is 38.8 Å². The average molecular weight is 290 g/mol. The highest BCUT2D eigenvalue weighted by atomic mass is 16.3. The molecule has 0 aliphatic rings. The predicted molar refractivity (Wildman–Crippen MR) is 83.6 cm³/mol. The molecular formula is C16H22N2O3. The largest absolute Gasteiger partial charge is 0.506 e. The van der Waals surface area contributed by atoms with Crippen LogP contribution in [0, 0.1) is 0 Å². The Balaban J connectivity index is 2.34. The van der Waals surface area contributed by atoms with Crippen LogP contribution in [0.1, 0.15) is 38.9 Å². The number of phenols is 1. The van der Waals surface area contributed by atoms with E-state index in [1.54, 1.807) is 12.1 Å². The number of aromatic hydroxyl groups is 1. The first-order valence-electron chi connectivity index (χ1n) is 7.12. The quantitative estimate of drug-likeness (QED) is 0.679. The van der Waals surface area contributed by atoms with E-state index in [1.165, 1.54) is 12.1 Å². The third-order valence-corrected chi connectivity index (χ3v) is 3.92. The van der Waals surface area contributed by atoms with E-state index in [0.29, 0.717) is 23.0 Å². The van der Waals surface area contributed by atoms with Gasteiger partial charge in [0.15, 0.2) is 0 Å². The third kappa shape index (κ3) is 3.43. The number of aliphatic hydroxyl groups excluding tert-OH is 1. The summed E-state index contributed by atoms with van der Waals surface area (Å²) in [5, 5.41) is 24.2. The van der Waals surface area contributed by atoms with Crippen LogP contribution in [-0.4, -0.2) is 27.3 Å². The van der Waals surface area contributed by atoms with E-state index in [4.69, 9.17) is 0 Å². The van der Waals surface area contributed by atoms with Crippen LogP contribution < -0.4 is 10.9 Å². The second kappa shape index (κ2) is 5.87. The van der Waals surface area contributed by atoms with Crippen molar-refractivity contribution < 1.29 is 10.2 Å². The number of aromatic amines is 1. The lowest BCUT2D eigenvalue weighted by atomic mass is 9.99. The van der Waals surface area contributed by atoms with Crippen LogP contribution in [0.15, 0.2) is 29.1 Å². The SMILES string of the molecule is CCC(C)(C)NCC(O)c1ccc(O)c2[nH]c(=O)ccc12. The molecule has 0 spiro atoms. The van der Waals surface area contributed by atoms with Crippen molar-refractivity contribution in [3.05, 3.63) is 40.2 Å². The number of fused-ring (bicyclic) bond motifs is 1. The second-order valence-electron chi connectivity index (χ2n) is 5.92. The molecule has 2 rings (SSSR count). The summed E-state index contributed by atoms with van der Waals surface area (Å²) in [4.78, 5) is 14.0. The molecule has 2 aromatic rings. The topological polar surface area (TPSA) is 85.3 Å². The number of hydrogen-bond donors (Lipinski definition) is 4. The maximum absolute atomic E-state index is 11.4. The Bertz CT molecular complexity index is 691. The molecule has 0 saturated carbocycles.